The lowest BCUT2D eigenvalue weighted by molar-refractivity contribution is -0.117. The highest BCUT2D eigenvalue weighted by molar-refractivity contribution is 7.80. The van der Waals surface area contributed by atoms with Gasteiger partial charge in [0.1, 0.15) is 5.69 Å². The first kappa shape index (κ1) is 15.1. The highest BCUT2D eigenvalue weighted by Gasteiger charge is 2.43. The van der Waals surface area contributed by atoms with Gasteiger partial charge in [-0.1, -0.05) is 0 Å². The predicted octanol–water partition coefficient (Wildman–Crippen LogP) is 3.42. The minimum absolute atomic E-state index is 0.0734. The second-order valence-corrected chi connectivity index (χ2v) is 5.14. The Morgan fingerprint density at radius 1 is 1.00 bits per heavy atom. The SMILES string of the molecule is O=C(CC1(CS)CC1)Nc1c(F)c(F)c(F)c(F)c1F. The molecule has 110 valence electrons. The van der Waals surface area contributed by atoms with Crippen molar-refractivity contribution in [3.63, 3.8) is 0 Å². The van der Waals surface area contributed by atoms with Crippen molar-refractivity contribution in [3.05, 3.63) is 29.1 Å². The molecule has 1 aliphatic carbocycles. The van der Waals surface area contributed by atoms with E-state index in [1.165, 1.54) is 0 Å². The fourth-order valence-electron chi connectivity index (χ4n) is 1.81. The van der Waals surface area contributed by atoms with Gasteiger partial charge in [-0.2, -0.15) is 12.6 Å². The summed E-state index contributed by atoms with van der Waals surface area (Å²) in [6, 6.07) is 0. The van der Waals surface area contributed by atoms with Crippen LogP contribution in [0.3, 0.4) is 0 Å². The molecule has 1 aromatic rings. The Bertz CT molecular complexity index is 544. The number of rotatable bonds is 4. The highest BCUT2D eigenvalue weighted by atomic mass is 32.1. The molecular weight excluding hydrogens is 301 g/mol. The summed E-state index contributed by atoms with van der Waals surface area (Å²) in [7, 11) is 0. The van der Waals surface area contributed by atoms with Gasteiger partial charge in [0.05, 0.1) is 0 Å². The van der Waals surface area contributed by atoms with E-state index in [1.807, 2.05) is 0 Å². The van der Waals surface area contributed by atoms with Crippen LogP contribution in [0.1, 0.15) is 19.3 Å². The van der Waals surface area contributed by atoms with E-state index < -0.39 is 40.7 Å². The van der Waals surface area contributed by atoms with Crippen LogP contribution in [0.25, 0.3) is 0 Å². The van der Waals surface area contributed by atoms with Crippen LogP contribution < -0.4 is 5.32 Å². The first-order valence-electron chi connectivity index (χ1n) is 5.73. The quantitative estimate of drug-likeness (QED) is 0.379. The zero-order valence-corrected chi connectivity index (χ0v) is 11.0. The van der Waals surface area contributed by atoms with E-state index in [-0.39, 0.29) is 11.8 Å². The molecule has 0 spiro atoms. The van der Waals surface area contributed by atoms with Gasteiger partial charge in [0.25, 0.3) is 0 Å². The summed E-state index contributed by atoms with van der Waals surface area (Å²) < 4.78 is 65.4. The molecule has 1 saturated carbocycles. The van der Waals surface area contributed by atoms with Crippen LogP contribution >= 0.6 is 12.6 Å². The molecule has 0 aliphatic heterocycles. The number of nitrogens with one attached hydrogen (secondary N) is 1. The summed E-state index contributed by atoms with van der Waals surface area (Å²) in [5, 5.41) is 1.75. The number of thiol groups is 1. The van der Waals surface area contributed by atoms with Gasteiger partial charge in [0.15, 0.2) is 23.3 Å². The fraction of sp³-hybridized carbons (Fsp3) is 0.417. The summed E-state index contributed by atoms with van der Waals surface area (Å²) in [5.41, 5.74) is -1.65. The summed E-state index contributed by atoms with van der Waals surface area (Å²) in [6.45, 7) is 0. The number of benzene rings is 1. The monoisotopic (exact) mass is 311 g/mol. The molecule has 0 unspecified atom stereocenters. The molecular formula is C12H10F5NOS. The molecule has 0 saturated heterocycles. The number of carbonyl (C=O) groups excluding carboxylic acids is 1. The summed E-state index contributed by atoms with van der Waals surface area (Å²) in [5.74, 6) is -10.9. The largest absolute Gasteiger partial charge is 0.321 e. The normalized spacial score (nSPS) is 16.1. The molecule has 0 bridgehead atoms. The maximum atomic E-state index is 13.3. The van der Waals surface area contributed by atoms with Crippen LogP contribution in [0.15, 0.2) is 0 Å². The van der Waals surface area contributed by atoms with E-state index in [0.717, 1.165) is 12.8 Å². The summed E-state index contributed by atoms with van der Waals surface area (Å²) in [6.07, 6.45) is 1.40. The van der Waals surface area contributed by atoms with E-state index in [2.05, 4.69) is 12.6 Å². The van der Waals surface area contributed by atoms with Crippen LogP contribution in [0.5, 0.6) is 0 Å². The second kappa shape index (κ2) is 5.23. The Labute approximate surface area is 116 Å². The molecule has 8 heteroatoms. The Morgan fingerprint density at radius 2 is 1.45 bits per heavy atom. The molecule has 1 N–H and O–H groups in total. The molecule has 0 radical (unpaired) electrons. The maximum absolute atomic E-state index is 13.3. The molecule has 0 atom stereocenters. The van der Waals surface area contributed by atoms with Crippen molar-refractivity contribution < 1.29 is 26.7 Å². The minimum Gasteiger partial charge on any atom is -0.321 e. The van der Waals surface area contributed by atoms with Crippen molar-refractivity contribution in [1.82, 2.24) is 0 Å². The molecule has 1 aliphatic rings. The van der Waals surface area contributed by atoms with Gasteiger partial charge in [0.2, 0.25) is 11.7 Å². The third-order valence-corrected chi connectivity index (χ3v) is 3.97. The zero-order valence-electron chi connectivity index (χ0n) is 10.1. The number of halogens is 5. The summed E-state index contributed by atoms with van der Waals surface area (Å²) in [4.78, 5) is 11.6. The number of amides is 1. The molecule has 20 heavy (non-hydrogen) atoms. The smallest absolute Gasteiger partial charge is 0.225 e. The van der Waals surface area contributed by atoms with Crippen molar-refractivity contribution in [2.45, 2.75) is 19.3 Å². The topological polar surface area (TPSA) is 29.1 Å². The Morgan fingerprint density at radius 3 is 1.85 bits per heavy atom. The molecule has 0 heterocycles. The Balaban J connectivity index is 2.23. The second-order valence-electron chi connectivity index (χ2n) is 4.83. The Kier molecular flexibility index (Phi) is 3.95. The van der Waals surface area contributed by atoms with Gasteiger partial charge in [0, 0.05) is 6.42 Å². The van der Waals surface area contributed by atoms with Crippen molar-refractivity contribution in [2.24, 2.45) is 5.41 Å². The van der Waals surface area contributed by atoms with E-state index in [1.54, 1.807) is 5.32 Å². The lowest BCUT2D eigenvalue weighted by Crippen LogP contribution is -2.21. The van der Waals surface area contributed by atoms with Gasteiger partial charge in [-0.15, -0.1) is 0 Å². The number of hydrogen-bond acceptors (Lipinski definition) is 2. The first-order valence-corrected chi connectivity index (χ1v) is 6.37. The van der Waals surface area contributed by atoms with Gasteiger partial charge in [-0.25, -0.2) is 22.0 Å². The van der Waals surface area contributed by atoms with E-state index >= 15 is 0 Å². The van der Waals surface area contributed by atoms with Gasteiger partial charge >= 0.3 is 0 Å². The van der Waals surface area contributed by atoms with E-state index in [9.17, 15) is 26.7 Å². The average molecular weight is 311 g/mol. The van der Waals surface area contributed by atoms with Crippen molar-refractivity contribution in [2.75, 3.05) is 11.1 Å². The third kappa shape index (κ3) is 2.61. The van der Waals surface area contributed by atoms with Crippen molar-refractivity contribution >= 4 is 24.2 Å². The summed E-state index contributed by atoms with van der Waals surface area (Å²) >= 11 is 4.05. The molecule has 1 fully saturated rings. The predicted molar refractivity (Wildman–Crippen MR) is 65.0 cm³/mol. The van der Waals surface area contributed by atoms with Crippen LogP contribution in [0, 0.1) is 34.5 Å². The highest BCUT2D eigenvalue weighted by Crippen LogP contribution is 2.49. The van der Waals surface area contributed by atoms with E-state index in [0.29, 0.717) is 5.75 Å². The standard InChI is InChI=1S/C12H10F5NOS/c13-6-7(14)9(16)11(10(17)8(6)15)18-5(19)3-12(4-20)1-2-12/h20H,1-4H2,(H,18,19). The number of carbonyl (C=O) groups is 1. The molecule has 1 amide bonds. The number of hydrogen-bond donors (Lipinski definition) is 2. The van der Waals surface area contributed by atoms with Gasteiger partial charge < -0.3 is 5.32 Å². The maximum Gasteiger partial charge on any atom is 0.225 e. The molecule has 1 aromatic carbocycles. The lowest BCUT2D eigenvalue weighted by atomic mass is 10.1. The number of anilines is 1. The molecule has 0 aromatic heterocycles. The van der Waals surface area contributed by atoms with Gasteiger partial charge in [-0.3, -0.25) is 4.79 Å². The molecule has 2 nitrogen and oxygen atoms in total. The van der Waals surface area contributed by atoms with Crippen molar-refractivity contribution in [1.29, 1.82) is 0 Å². The lowest BCUT2D eigenvalue weighted by Gasteiger charge is -2.13. The van der Waals surface area contributed by atoms with Crippen LogP contribution in [0.2, 0.25) is 0 Å². The fourth-order valence-corrected chi connectivity index (χ4v) is 2.23. The first-order chi connectivity index (χ1) is 9.31. The van der Waals surface area contributed by atoms with Crippen molar-refractivity contribution in [3.8, 4) is 0 Å². The van der Waals surface area contributed by atoms with Gasteiger partial charge in [-0.05, 0) is 24.0 Å². The third-order valence-electron chi connectivity index (χ3n) is 3.30. The van der Waals surface area contributed by atoms with Crippen LogP contribution in [0.4, 0.5) is 27.6 Å². The van der Waals surface area contributed by atoms with Crippen LogP contribution in [-0.4, -0.2) is 11.7 Å². The minimum atomic E-state index is -2.26. The van der Waals surface area contributed by atoms with Crippen LogP contribution in [-0.2, 0) is 4.79 Å². The van der Waals surface area contributed by atoms with E-state index in [4.69, 9.17) is 0 Å². The Hall–Kier alpha value is -1.31. The molecule has 2 rings (SSSR count). The zero-order chi connectivity index (χ0) is 15.1. The average Bonchev–Trinajstić information content (AvgIpc) is 3.19.